The van der Waals surface area contributed by atoms with Gasteiger partial charge in [0.2, 0.25) is 0 Å². The number of hydrogen-bond donors (Lipinski definition) is 1. The van der Waals surface area contributed by atoms with Gasteiger partial charge in [0.25, 0.3) is 0 Å². The zero-order valence-corrected chi connectivity index (χ0v) is 24.6. The third kappa shape index (κ3) is 6.41. The van der Waals surface area contributed by atoms with Crippen LogP contribution in [0.3, 0.4) is 0 Å². The maximum Gasteiger partial charge on any atom is 0.410 e. The number of methoxy groups -OCH3 is 1. The van der Waals surface area contributed by atoms with E-state index in [1.54, 1.807) is 12.0 Å². The number of likely N-dealkylation sites (tertiary alicyclic amines) is 1. The summed E-state index contributed by atoms with van der Waals surface area (Å²) >= 11 is -1.24. The first-order valence-electron chi connectivity index (χ1n) is 13.3. The standard InChI is InChI=1S/C30H42N2O5S/c1-28(2,3)37-27(33)32-17-15-30(16-18-32)19-24-23(26(30)31-38(34)29(4,5)6)9-8-10-25(24)36-20-21-11-13-22(35-7)14-12-21/h8-14,26,31H,15-20H2,1-7H3/t26-,38+/m0/s1. The van der Waals surface area contributed by atoms with Crippen LogP contribution in [0.25, 0.3) is 0 Å². The van der Waals surface area contributed by atoms with Crippen molar-refractivity contribution in [2.75, 3.05) is 20.2 Å². The molecule has 2 aromatic rings. The molecule has 7 nitrogen and oxygen atoms in total. The Labute approximate surface area is 230 Å². The molecule has 2 atom stereocenters. The number of nitrogens with one attached hydrogen (secondary N) is 1. The maximum atomic E-state index is 13.3. The van der Waals surface area contributed by atoms with Crippen LogP contribution in [0.2, 0.25) is 0 Å². The predicted octanol–water partition coefficient (Wildman–Crippen LogP) is 5.94. The van der Waals surface area contributed by atoms with Gasteiger partial charge in [-0.15, -0.1) is 4.72 Å². The highest BCUT2D eigenvalue weighted by molar-refractivity contribution is 7.90. The summed E-state index contributed by atoms with van der Waals surface area (Å²) in [5.74, 6) is 1.67. The Morgan fingerprint density at radius 1 is 1.08 bits per heavy atom. The van der Waals surface area contributed by atoms with Gasteiger partial charge in [0.1, 0.15) is 28.5 Å². The second kappa shape index (κ2) is 11.0. The van der Waals surface area contributed by atoms with Crippen molar-refractivity contribution in [1.82, 2.24) is 9.62 Å². The van der Waals surface area contributed by atoms with Crippen molar-refractivity contribution < 1.29 is 23.6 Å². The van der Waals surface area contributed by atoms with E-state index in [1.807, 2.05) is 77.9 Å². The predicted molar refractivity (Wildman–Crippen MR) is 151 cm³/mol. The average Bonchev–Trinajstić information content (AvgIpc) is 3.14. The Kier molecular flexibility index (Phi) is 8.26. The van der Waals surface area contributed by atoms with E-state index in [0.29, 0.717) is 19.7 Å². The van der Waals surface area contributed by atoms with E-state index < -0.39 is 21.7 Å². The first-order chi connectivity index (χ1) is 17.8. The third-order valence-corrected chi connectivity index (χ3v) is 8.93. The molecule has 0 saturated carbocycles. The van der Waals surface area contributed by atoms with Gasteiger partial charge in [0, 0.05) is 29.9 Å². The van der Waals surface area contributed by atoms with E-state index in [1.165, 1.54) is 0 Å². The van der Waals surface area contributed by atoms with Crippen LogP contribution in [-0.2, 0) is 29.1 Å². The largest absolute Gasteiger partial charge is 0.598 e. The Hall–Kier alpha value is -2.42. The number of carbonyl (C=O) groups is 1. The topological polar surface area (TPSA) is 83.1 Å². The molecule has 1 spiro atoms. The van der Waals surface area contributed by atoms with Crippen LogP contribution in [-0.4, -0.2) is 46.1 Å². The second-order valence-corrected chi connectivity index (χ2v) is 14.4. The zero-order valence-electron chi connectivity index (χ0n) is 23.8. The van der Waals surface area contributed by atoms with E-state index in [2.05, 4.69) is 10.8 Å². The van der Waals surface area contributed by atoms with Crippen LogP contribution in [0.1, 0.15) is 77.1 Å². The molecule has 4 rings (SSSR count). The smallest absolute Gasteiger partial charge is 0.410 e. The Bertz CT molecular complexity index is 1110. The van der Waals surface area contributed by atoms with Crippen molar-refractivity contribution in [3.8, 4) is 11.5 Å². The molecular weight excluding hydrogens is 500 g/mol. The van der Waals surface area contributed by atoms with Crippen molar-refractivity contribution in [3.05, 3.63) is 59.2 Å². The number of hydrogen-bond acceptors (Lipinski definition) is 6. The molecule has 1 saturated heterocycles. The molecule has 8 heteroatoms. The van der Waals surface area contributed by atoms with Crippen molar-refractivity contribution >= 4 is 17.5 Å². The Balaban J connectivity index is 1.57. The van der Waals surface area contributed by atoms with E-state index in [9.17, 15) is 9.35 Å². The zero-order chi connectivity index (χ0) is 27.7. The summed E-state index contributed by atoms with van der Waals surface area (Å²) in [7, 11) is 1.66. The van der Waals surface area contributed by atoms with Gasteiger partial charge in [0.15, 0.2) is 0 Å². The Morgan fingerprint density at radius 3 is 2.32 bits per heavy atom. The minimum atomic E-state index is -1.24. The van der Waals surface area contributed by atoms with Gasteiger partial charge in [-0.3, -0.25) is 0 Å². The number of piperidine rings is 1. The quantitative estimate of drug-likeness (QED) is 0.455. The van der Waals surface area contributed by atoms with Crippen molar-refractivity contribution in [3.63, 3.8) is 0 Å². The molecule has 0 aromatic heterocycles. The lowest BCUT2D eigenvalue weighted by Crippen LogP contribution is -2.51. The minimum absolute atomic E-state index is 0.0946. The monoisotopic (exact) mass is 542 g/mol. The lowest BCUT2D eigenvalue weighted by Gasteiger charge is -2.43. The molecule has 2 aliphatic rings. The van der Waals surface area contributed by atoms with Crippen LogP contribution in [0.4, 0.5) is 4.79 Å². The molecule has 1 aliphatic carbocycles. The van der Waals surface area contributed by atoms with Gasteiger partial charge in [-0.25, -0.2) is 4.79 Å². The summed E-state index contributed by atoms with van der Waals surface area (Å²) in [5.41, 5.74) is 2.67. The van der Waals surface area contributed by atoms with Gasteiger partial charge >= 0.3 is 6.09 Å². The first-order valence-corrected chi connectivity index (χ1v) is 14.5. The van der Waals surface area contributed by atoms with Gasteiger partial charge in [0.05, 0.1) is 13.2 Å². The Morgan fingerprint density at radius 2 is 1.74 bits per heavy atom. The molecule has 2 aromatic carbocycles. The van der Waals surface area contributed by atoms with Crippen molar-refractivity contribution in [1.29, 1.82) is 0 Å². The molecule has 0 bridgehead atoms. The summed E-state index contributed by atoms with van der Waals surface area (Å²) < 4.78 is 33.6. The molecular formula is C30H42N2O5S. The van der Waals surface area contributed by atoms with E-state index in [0.717, 1.165) is 47.5 Å². The highest BCUT2D eigenvalue weighted by Gasteiger charge is 2.52. The SMILES string of the molecule is COc1ccc(COc2cccc3c2CC2(CCN(C(=O)OC(C)(C)C)CC2)[C@H]3N[S@+]([O-])C(C)(C)C)cc1. The summed E-state index contributed by atoms with van der Waals surface area (Å²) in [6, 6.07) is 14.0. The molecule has 0 unspecified atom stereocenters. The van der Waals surface area contributed by atoms with E-state index in [-0.39, 0.29) is 17.6 Å². The van der Waals surface area contributed by atoms with Gasteiger partial charge < -0.3 is 23.7 Å². The lowest BCUT2D eigenvalue weighted by atomic mass is 9.73. The average molecular weight is 543 g/mol. The number of rotatable bonds is 6. The molecule has 1 amide bonds. The highest BCUT2D eigenvalue weighted by Crippen LogP contribution is 2.54. The first kappa shape index (κ1) is 28.6. The number of ether oxygens (including phenoxy) is 3. The van der Waals surface area contributed by atoms with Crippen molar-refractivity contribution in [2.24, 2.45) is 5.41 Å². The van der Waals surface area contributed by atoms with Crippen LogP contribution in [0.15, 0.2) is 42.5 Å². The molecule has 38 heavy (non-hydrogen) atoms. The molecule has 1 fully saturated rings. The summed E-state index contributed by atoms with van der Waals surface area (Å²) in [6.45, 7) is 13.3. The number of amides is 1. The fourth-order valence-electron chi connectivity index (χ4n) is 5.24. The van der Waals surface area contributed by atoms with E-state index in [4.69, 9.17) is 14.2 Å². The fourth-order valence-corrected chi connectivity index (χ4v) is 6.19. The van der Waals surface area contributed by atoms with Gasteiger partial charge in [-0.1, -0.05) is 24.3 Å². The minimum Gasteiger partial charge on any atom is -0.598 e. The lowest BCUT2D eigenvalue weighted by molar-refractivity contribution is 0.00711. The van der Waals surface area contributed by atoms with Crippen LogP contribution < -0.4 is 14.2 Å². The molecule has 1 N–H and O–H groups in total. The van der Waals surface area contributed by atoms with Crippen LogP contribution in [0.5, 0.6) is 11.5 Å². The molecule has 1 aliphatic heterocycles. The second-order valence-electron chi connectivity index (χ2n) is 12.4. The van der Waals surface area contributed by atoms with Crippen molar-refractivity contribution in [2.45, 2.75) is 83.8 Å². The highest BCUT2D eigenvalue weighted by atomic mass is 32.2. The molecule has 0 radical (unpaired) electrons. The summed E-state index contributed by atoms with van der Waals surface area (Å²) in [4.78, 5) is 14.6. The third-order valence-electron chi connectivity index (χ3n) is 7.37. The summed E-state index contributed by atoms with van der Waals surface area (Å²) in [5, 5.41) is 0. The molecule has 1 heterocycles. The number of benzene rings is 2. The van der Waals surface area contributed by atoms with E-state index >= 15 is 0 Å². The number of carbonyl (C=O) groups excluding carboxylic acids is 1. The van der Waals surface area contributed by atoms with Gasteiger partial charge in [-0.05, 0) is 95.7 Å². The normalized spacial score (nSPS) is 19.7. The van der Waals surface area contributed by atoms with Crippen LogP contribution in [0, 0.1) is 5.41 Å². The summed E-state index contributed by atoms with van der Waals surface area (Å²) in [6.07, 6.45) is 2.12. The maximum absolute atomic E-state index is 13.3. The fraction of sp³-hybridized carbons (Fsp3) is 0.567. The van der Waals surface area contributed by atoms with Gasteiger partial charge in [-0.2, -0.15) is 0 Å². The number of fused-ring (bicyclic) bond motifs is 1. The molecule has 208 valence electrons. The number of nitrogens with zero attached hydrogens (tertiary/aromatic N) is 1. The van der Waals surface area contributed by atoms with Crippen LogP contribution >= 0.6 is 0 Å².